The summed E-state index contributed by atoms with van der Waals surface area (Å²) in [5.41, 5.74) is -1.85. The fourth-order valence-corrected chi connectivity index (χ4v) is 3.15. The number of carbonyl (C=O) groups excluding carboxylic acids is 2. The third-order valence-electron chi connectivity index (χ3n) is 4.45. The number of hydroxylamine groups is 2. The van der Waals surface area contributed by atoms with Crippen molar-refractivity contribution in [1.82, 2.24) is 15.3 Å². The Labute approximate surface area is 163 Å². The van der Waals surface area contributed by atoms with E-state index in [0.29, 0.717) is 5.06 Å². The van der Waals surface area contributed by atoms with Gasteiger partial charge in [0.15, 0.2) is 18.5 Å². The van der Waals surface area contributed by atoms with Crippen LogP contribution in [0.5, 0.6) is 0 Å². The average molecular weight is 404 g/mol. The highest BCUT2D eigenvalue weighted by Crippen LogP contribution is 2.33. The number of aliphatic hydroxyl groups excluding tert-OH is 3. The van der Waals surface area contributed by atoms with Gasteiger partial charge in [-0.2, -0.15) is 0 Å². The van der Waals surface area contributed by atoms with Crippen molar-refractivity contribution >= 4 is 11.9 Å². The number of rotatable bonds is 4. The van der Waals surface area contributed by atoms with Gasteiger partial charge in [-0.15, -0.1) is 10.3 Å². The first-order valence-electron chi connectivity index (χ1n) is 9.09. The number of hydrogen-bond acceptors (Lipinski definition) is 8. The molecule has 0 spiro atoms. The van der Waals surface area contributed by atoms with Crippen LogP contribution >= 0.6 is 0 Å². The fourth-order valence-electron chi connectivity index (χ4n) is 3.15. The first-order chi connectivity index (χ1) is 12.7. The highest BCUT2D eigenvalue weighted by molar-refractivity contribution is 6.00. The van der Waals surface area contributed by atoms with E-state index in [1.165, 1.54) is 0 Å². The van der Waals surface area contributed by atoms with Crippen molar-refractivity contribution in [2.45, 2.75) is 89.5 Å². The van der Waals surface area contributed by atoms with Crippen molar-refractivity contribution in [3.8, 4) is 0 Å². The van der Waals surface area contributed by atoms with Crippen LogP contribution in [-0.2, 0) is 19.5 Å². The van der Waals surface area contributed by atoms with E-state index in [9.17, 15) is 30.1 Å². The van der Waals surface area contributed by atoms with Crippen molar-refractivity contribution in [3.05, 3.63) is 0 Å². The Morgan fingerprint density at radius 2 is 1.71 bits per heavy atom. The molecule has 0 saturated carbocycles. The monoisotopic (exact) mass is 404 g/mol. The van der Waals surface area contributed by atoms with Crippen LogP contribution in [0.3, 0.4) is 0 Å². The van der Waals surface area contributed by atoms with Gasteiger partial charge in [-0.05, 0) is 41.5 Å². The quantitative estimate of drug-likeness (QED) is 0.433. The third-order valence-corrected chi connectivity index (χ3v) is 4.45. The Morgan fingerprint density at radius 1 is 1.14 bits per heavy atom. The van der Waals surface area contributed by atoms with Crippen LogP contribution in [-0.4, -0.2) is 91.8 Å². The summed E-state index contributed by atoms with van der Waals surface area (Å²) in [5.74, 6) is -0.794. The van der Waals surface area contributed by atoms with E-state index in [2.05, 4.69) is 5.32 Å². The molecule has 2 saturated heterocycles. The second-order valence-electron chi connectivity index (χ2n) is 8.99. The van der Waals surface area contributed by atoms with Gasteiger partial charge < -0.3 is 24.8 Å². The Morgan fingerprint density at radius 3 is 2.14 bits per heavy atom. The first kappa shape index (κ1) is 22.9. The maximum atomic E-state index is 13.1. The van der Waals surface area contributed by atoms with E-state index in [0.717, 1.165) is 4.90 Å². The number of nitrogens with one attached hydrogen (secondary N) is 1. The average Bonchev–Trinajstić information content (AvgIpc) is 2.82. The number of carbonyl (C=O) groups is 2. The van der Waals surface area contributed by atoms with Crippen molar-refractivity contribution in [2.75, 3.05) is 6.61 Å². The minimum absolute atomic E-state index is 0.536. The molecule has 2 fully saturated rings. The molecular formula is C17H30N3O8. The zero-order valence-electron chi connectivity index (χ0n) is 16.9. The number of amides is 3. The van der Waals surface area contributed by atoms with Crippen LogP contribution in [0.15, 0.2) is 0 Å². The molecule has 0 bridgehead atoms. The molecule has 4 N–H and O–H groups in total. The fraction of sp³-hybridized carbons (Fsp3) is 0.882. The van der Waals surface area contributed by atoms with Crippen molar-refractivity contribution in [1.29, 1.82) is 0 Å². The minimum Gasteiger partial charge on any atom is -0.394 e. The maximum Gasteiger partial charge on any atom is 0.327 e. The second-order valence-corrected chi connectivity index (χ2v) is 8.99. The molecule has 0 aromatic carbocycles. The molecule has 161 valence electrons. The summed E-state index contributed by atoms with van der Waals surface area (Å²) < 4.78 is 11.2. The molecule has 2 aliphatic rings. The lowest BCUT2D eigenvalue weighted by Gasteiger charge is -2.48. The van der Waals surface area contributed by atoms with Gasteiger partial charge in [-0.25, -0.2) is 4.79 Å². The van der Waals surface area contributed by atoms with Gasteiger partial charge in [-0.1, -0.05) is 0 Å². The second kappa shape index (κ2) is 7.82. The summed E-state index contributed by atoms with van der Waals surface area (Å²) in [6, 6.07) is -0.969. The van der Waals surface area contributed by atoms with Crippen molar-refractivity contribution in [2.24, 2.45) is 0 Å². The summed E-state index contributed by atoms with van der Waals surface area (Å²) in [6.45, 7) is 9.27. The minimum atomic E-state index is -1.60. The van der Waals surface area contributed by atoms with Gasteiger partial charge in [0.2, 0.25) is 0 Å². The van der Waals surface area contributed by atoms with Gasteiger partial charge >= 0.3 is 6.03 Å². The van der Waals surface area contributed by atoms with Crippen molar-refractivity contribution < 1.29 is 39.6 Å². The molecular weight excluding hydrogens is 374 g/mol. The standard InChI is InChI=1S/C17H30N3O8/c1-16(2,3)20(26)13-11(28-17(4,5)6)12(24)18-15(25)19(13)14-10(23)9(22)8(7-21)27-14/h8-11,13-14,21-23H,7H2,1-6H3,(H,18,24,25)/t8-,9-,10-,11?,13?,14-/m1/s1. The summed E-state index contributed by atoms with van der Waals surface area (Å²) in [5, 5.41) is 45.5. The zero-order chi connectivity index (χ0) is 21.6. The smallest absolute Gasteiger partial charge is 0.327 e. The third kappa shape index (κ3) is 4.46. The lowest BCUT2D eigenvalue weighted by atomic mass is 10.0. The first-order valence-corrected chi connectivity index (χ1v) is 9.09. The van der Waals surface area contributed by atoms with Crippen LogP contribution in [0.4, 0.5) is 4.79 Å². The lowest BCUT2D eigenvalue weighted by molar-refractivity contribution is -0.305. The highest BCUT2D eigenvalue weighted by atomic mass is 16.6. The largest absolute Gasteiger partial charge is 0.394 e. The van der Waals surface area contributed by atoms with E-state index in [1.54, 1.807) is 41.5 Å². The molecule has 2 heterocycles. The molecule has 28 heavy (non-hydrogen) atoms. The predicted octanol–water partition coefficient (Wildman–Crippen LogP) is -1.07. The lowest BCUT2D eigenvalue weighted by Crippen LogP contribution is -2.73. The summed E-state index contributed by atoms with van der Waals surface area (Å²) in [6.07, 6.45) is -8.53. The molecule has 3 amide bonds. The molecule has 2 rings (SSSR count). The van der Waals surface area contributed by atoms with Gasteiger partial charge in [0.25, 0.3) is 5.91 Å². The van der Waals surface area contributed by atoms with Gasteiger partial charge in [0.05, 0.1) is 12.2 Å². The molecule has 0 aromatic heterocycles. The van der Waals surface area contributed by atoms with E-state index in [1.807, 2.05) is 0 Å². The number of ether oxygens (including phenoxy) is 2. The Balaban J connectivity index is 2.50. The number of aliphatic hydroxyl groups is 3. The summed E-state index contributed by atoms with van der Waals surface area (Å²) in [7, 11) is 0. The van der Waals surface area contributed by atoms with Crippen LogP contribution in [0.1, 0.15) is 41.5 Å². The number of imide groups is 1. The number of nitrogens with zero attached hydrogens (tertiary/aromatic N) is 2. The summed E-state index contributed by atoms with van der Waals surface area (Å²) >= 11 is 0. The van der Waals surface area contributed by atoms with Gasteiger partial charge in [0.1, 0.15) is 18.3 Å². The highest BCUT2D eigenvalue weighted by Gasteiger charge is 2.57. The molecule has 0 aliphatic carbocycles. The van der Waals surface area contributed by atoms with E-state index < -0.39 is 66.5 Å². The molecule has 0 aromatic rings. The van der Waals surface area contributed by atoms with Gasteiger partial charge in [-0.3, -0.25) is 15.0 Å². The van der Waals surface area contributed by atoms with Crippen molar-refractivity contribution in [3.63, 3.8) is 0 Å². The van der Waals surface area contributed by atoms with Gasteiger partial charge in [0, 0.05) is 5.54 Å². The SMILES string of the molecule is CC(C)(C)OC1C(=O)NC(=O)N([C@@H]2O[C@H](CO)[C@@H](O)[C@H]2O)C1N([O])C(C)(C)C. The normalized spacial score (nSPS) is 34.9. The number of urea groups is 1. The molecule has 11 heteroatoms. The maximum absolute atomic E-state index is 13.1. The number of hydrogen-bond donors (Lipinski definition) is 4. The Bertz CT molecular complexity index is 602. The van der Waals surface area contributed by atoms with E-state index in [-0.39, 0.29) is 0 Å². The molecule has 2 unspecified atom stereocenters. The van der Waals surface area contributed by atoms with Crippen LogP contribution in [0.2, 0.25) is 0 Å². The van der Waals surface area contributed by atoms with Crippen LogP contribution in [0.25, 0.3) is 0 Å². The van der Waals surface area contributed by atoms with E-state index >= 15 is 0 Å². The predicted molar refractivity (Wildman–Crippen MR) is 93.8 cm³/mol. The molecule has 1 radical (unpaired) electrons. The van der Waals surface area contributed by atoms with Crippen LogP contribution < -0.4 is 5.32 Å². The molecule has 6 atom stereocenters. The summed E-state index contributed by atoms with van der Waals surface area (Å²) in [4.78, 5) is 26.0. The Hall–Kier alpha value is -1.34. The molecule has 2 aliphatic heterocycles. The van der Waals surface area contributed by atoms with E-state index in [4.69, 9.17) is 9.47 Å². The zero-order valence-corrected chi connectivity index (χ0v) is 16.9. The Kier molecular flexibility index (Phi) is 6.41. The van der Waals surface area contributed by atoms with Crippen LogP contribution in [0, 0.1) is 0 Å². The molecule has 11 nitrogen and oxygen atoms in total. The topological polar surface area (TPSA) is 152 Å².